The summed E-state index contributed by atoms with van der Waals surface area (Å²) >= 11 is 0. The zero-order valence-electron chi connectivity index (χ0n) is 9.64. The first-order chi connectivity index (χ1) is 8.79. The summed E-state index contributed by atoms with van der Waals surface area (Å²) in [5.41, 5.74) is 0.724. The third-order valence-corrected chi connectivity index (χ3v) is 2.79. The standard InChI is InChI=1S/C13H10N2O3/c1-17-10-7-6-8-4-2-3-5-9(8)11(10)12-14-13(16)18-15-12/h2-7H,1H3,(H,14,15,16). The van der Waals surface area contributed by atoms with Crippen molar-refractivity contribution >= 4 is 10.8 Å². The quantitative estimate of drug-likeness (QED) is 0.747. The number of rotatable bonds is 2. The van der Waals surface area contributed by atoms with Gasteiger partial charge in [-0.05, 0) is 16.8 Å². The van der Waals surface area contributed by atoms with Gasteiger partial charge in [0.15, 0.2) is 5.82 Å². The SMILES string of the molecule is COc1ccc2ccccc2c1-c1noc(=O)[nH]1. The monoisotopic (exact) mass is 242 g/mol. The average Bonchev–Trinajstić information content (AvgIpc) is 2.83. The zero-order chi connectivity index (χ0) is 12.5. The highest BCUT2D eigenvalue weighted by atomic mass is 16.5. The molecule has 0 aliphatic carbocycles. The smallest absolute Gasteiger partial charge is 0.439 e. The van der Waals surface area contributed by atoms with Gasteiger partial charge in [0.25, 0.3) is 0 Å². The molecule has 0 spiro atoms. The van der Waals surface area contributed by atoms with Crippen LogP contribution in [0.15, 0.2) is 45.7 Å². The number of nitrogens with zero attached hydrogens (tertiary/aromatic N) is 1. The number of hydrogen-bond acceptors (Lipinski definition) is 4. The number of nitrogens with one attached hydrogen (secondary N) is 1. The molecule has 1 heterocycles. The number of fused-ring (bicyclic) bond motifs is 1. The molecule has 5 nitrogen and oxygen atoms in total. The summed E-state index contributed by atoms with van der Waals surface area (Å²) in [6.45, 7) is 0. The van der Waals surface area contributed by atoms with E-state index in [1.165, 1.54) is 0 Å². The molecule has 18 heavy (non-hydrogen) atoms. The number of ether oxygens (including phenoxy) is 1. The molecule has 0 amide bonds. The van der Waals surface area contributed by atoms with E-state index in [-0.39, 0.29) is 0 Å². The van der Waals surface area contributed by atoms with Gasteiger partial charge in [-0.25, -0.2) is 4.79 Å². The van der Waals surface area contributed by atoms with E-state index in [0.717, 1.165) is 16.3 Å². The topological polar surface area (TPSA) is 68.1 Å². The third-order valence-electron chi connectivity index (χ3n) is 2.79. The van der Waals surface area contributed by atoms with Crippen LogP contribution in [0.1, 0.15) is 0 Å². The van der Waals surface area contributed by atoms with E-state index in [1.54, 1.807) is 7.11 Å². The van der Waals surface area contributed by atoms with Gasteiger partial charge in [-0.2, -0.15) is 0 Å². The van der Waals surface area contributed by atoms with Crippen LogP contribution < -0.4 is 10.5 Å². The van der Waals surface area contributed by atoms with Gasteiger partial charge in [0.05, 0.1) is 12.7 Å². The summed E-state index contributed by atoms with van der Waals surface area (Å²) < 4.78 is 9.86. The Kier molecular flexibility index (Phi) is 2.37. The van der Waals surface area contributed by atoms with E-state index in [2.05, 4.69) is 14.7 Å². The van der Waals surface area contributed by atoms with Gasteiger partial charge in [-0.1, -0.05) is 35.5 Å². The van der Waals surface area contributed by atoms with Crippen LogP contribution in [0, 0.1) is 0 Å². The van der Waals surface area contributed by atoms with E-state index < -0.39 is 5.76 Å². The normalized spacial score (nSPS) is 10.7. The average molecular weight is 242 g/mol. The Bertz CT molecular complexity index is 758. The van der Waals surface area contributed by atoms with Crippen molar-refractivity contribution in [1.82, 2.24) is 10.1 Å². The predicted molar refractivity (Wildman–Crippen MR) is 66.6 cm³/mol. The minimum Gasteiger partial charge on any atom is -0.496 e. The summed E-state index contributed by atoms with van der Waals surface area (Å²) in [5.74, 6) is 0.423. The molecule has 0 radical (unpaired) electrons. The predicted octanol–water partition coefficient (Wildman–Crippen LogP) is 2.19. The maximum absolute atomic E-state index is 11.1. The van der Waals surface area contributed by atoms with E-state index in [9.17, 15) is 4.79 Å². The lowest BCUT2D eigenvalue weighted by Gasteiger charge is -2.08. The van der Waals surface area contributed by atoms with Crippen molar-refractivity contribution in [1.29, 1.82) is 0 Å². The molecule has 0 atom stereocenters. The molecule has 0 aliphatic heterocycles. The maximum Gasteiger partial charge on any atom is 0.439 e. The summed E-state index contributed by atoms with van der Waals surface area (Å²) in [6.07, 6.45) is 0. The molecule has 0 saturated carbocycles. The van der Waals surface area contributed by atoms with Crippen molar-refractivity contribution in [3.05, 3.63) is 46.9 Å². The summed E-state index contributed by atoms with van der Waals surface area (Å²) in [4.78, 5) is 13.6. The van der Waals surface area contributed by atoms with Crippen LogP contribution in [0.5, 0.6) is 5.75 Å². The number of H-pyrrole nitrogens is 1. The molecule has 3 aromatic rings. The maximum atomic E-state index is 11.1. The van der Waals surface area contributed by atoms with Crippen molar-refractivity contribution in [3.63, 3.8) is 0 Å². The van der Waals surface area contributed by atoms with Crippen LogP contribution in [0.4, 0.5) is 0 Å². The Morgan fingerprint density at radius 1 is 1.22 bits per heavy atom. The fraction of sp³-hybridized carbons (Fsp3) is 0.0769. The Morgan fingerprint density at radius 2 is 2.06 bits per heavy atom. The molecule has 0 bridgehead atoms. The van der Waals surface area contributed by atoms with Crippen molar-refractivity contribution in [2.75, 3.05) is 7.11 Å². The Hall–Kier alpha value is -2.56. The van der Waals surface area contributed by atoms with Crippen LogP contribution >= 0.6 is 0 Å². The van der Waals surface area contributed by atoms with Crippen molar-refractivity contribution in [2.45, 2.75) is 0 Å². The highest BCUT2D eigenvalue weighted by molar-refractivity contribution is 5.98. The lowest BCUT2D eigenvalue weighted by molar-refractivity contribution is 0.387. The number of hydrogen-bond donors (Lipinski definition) is 1. The van der Waals surface area contributed by atoms with Crippen LogP contribution in [0.25, 0.3) is 22.2 Å². The van der Waals surface area contributed by atoms with Crippen LogP contribution in [0.3, 0.4) is 0 Å². The first-order valence-electron chi connectivity index (χ1n) is 5.41. The van der Waals surface area contributed by atoms with Gasteiger partial charge < -0.3 is 4.74 Å². The van der Waals surface area contributed by atoms with Crippen LogP contribution in [-0.2, 0) is 0 Å². The number of methoxy groups -OCH3 is 1. The third kappa shape index (κ3) is 1.57. The van der Waals surface area contributed by atoms with Gasteiger partial charge in [-0.15, -0.1) is 0 Å². The molecule has 0 fully saturated rings. The fourth-order valence-electron chi connectivity index (χ4n) is 2.00. The molecule has 0 aliphatic rings. The molecule has 1 aromatic heterocycles. The van der Waals surface area contributed by atoms with Crippen LogP contribution in [-0.4, -0.2) is 17.3 Å². The van der Waals surface area contributed by atoms with Crippen molar-refractivity contribution < 1.29 is 9.26 Å². The number of benzene rings is 2. The lowest BCUT2D eigenvalue weighted by Crippen LogP contribution is -1.96. The molecule has 3 rings (SSSR count). The molecular formula is C13H10N2O3. The van der Waals surface area contributed by atoms with E-state index in [4.69, 9.17) is 4.74 Å². The molecule has 1 N–H and O–H groups in total. The molecule has 0 unspecified atom stereocenters. The van der Waals surface area contributed by atoms with Gasteiger partial charge in [0.1, 0.15) is 5.75 Å². The summed E-state index contributed by atoms with van der Waals surface area (Å²) in [6, 6.07) is 11.6. The minimum absolute atomic E-state index is 0.369. The number of aromatic amines is 1. The van der Waals surface area contributed by atoms with Gasteiger partial charge in [0, 0.05) is 0 Å². The molecule has 90 valence electrons. The fourth-order valence-corrected chi connectivity index (χ4v) is 2.00. The first kappa shape index (κ1) is 10.6. The lowest BCUT2D eigenvalue weighted by atomic mass is 10.0. The molecular weight excluding hydrogens is 232 g/mol. The van der Waals surface area contributed by atoms with Gasteiger partial charge in [-0.3, -0.25) is 9.51 Å². The second kappa shape index (κ2) is 4.03. The summed E-state index contributed by atoms with van der Waals surface area (Å²) in [7, 11) is 1.58. The van der Waals surface area contributed by atoms with E-state index >= 15 is 0 Å². The molecule has 0 saturated heterocycles. The highest BCUT2D eigenvalue weighted by Gasteiger charge is 2.14. The Labute approximate surface area is 102 Å². The van der Waals surface area contributed by atoms with Gasteiger partial charge in [0.2, 0.25) is 0 Å². The summed E-state index contributed by atoms with van der Waals surface area (Å²) in [5, 5.41) is 5.71. The van der Waals surface area contributed by atoms with E-state index in [1.807, 2.05) is 36.4 Å². The minimum atomic E-state index is -0.583. The van der Waals surface area contributed by atoms with Crippen molar-refractivity contribution in [3.8, 4) is 17.1 Å². The Balaban J connectivity index is 2.40. The second-order valence-corrected chi connectivity index (χ2v) is 3.81. The molecule has 5 heteroatoms. The van der Waals surface area contributed by atoms with Gasteiger partial charge >= 0.3 is 5.76 Å². The molecule has 2 aromatic carbocycles. The number of aromatic nitrogens is 2. The second-order valence-electron chi connectivity index (χ2n) is 3.81. The van der Waals surface area contributed by atoms with Crippen LogP contribution in [0.2, 0.25) is 0 Å². The largest absolute Gasteiger partial charge is 0.496 e. The van der Waals surface area contributed by atoms with Crippen molar-refractivity contribution in [2.24, 2.45) is 0 Å². The highest BCUT2D eigenvalue weighted by Crippen LogP contribution is 2.34. The first-order valence-corrected chi connectivity index (χ1v) is 5.41. The zero-order valence-corrected chi connectivity index (χ0v) is 9.64. The van der Waals surface area contributed by atoms with E-state index in [0.29, 0.717) is 11.6 Å². The Morgan fingerprint density at radius 3 is 2.78 bits per heavy atom.